The molecule has 0 unspecified atom stereocenters. The highest BCUT2D eigenvalue weighted by molar-refractivity contribution is 6.17. The molecule has 3 aromatic rings. The summed E-state index contributed by atoms with van der Waals surface area (Å²) in [5.74, 6) is -1.33. The van der Waals surface area contributed by atoms with Gasteiger partial charge in [-0.05, 0) is 29.8 Å². The van der Waals surface area contributed by atoms with Gasteiger partial charge < -0.3 is 9.15 Å². The first-order valence-electron chi connectivity index (χ1n) is 6.32. The van der Waals surface area contributed by atoms with E-state index in [-0.39, 0.29) is 11.6 Å². The van der Waals surface area contributed by atoms with Crippen LogP contribution in [0.4, 0.5) is 8.78 Å². The Morgan fingerprint density at radius 1 is 1.00 bits per heavy atom. The molecule has 0 saturated heterocycles. The van der Waals surface area contributed by atoms with E-state index in [0.717, 1.165) is 12.1 Å². The highest BCUT2D eigenvalue weighted by Crippen LogP contribution is 2.28. The van der Waals surface area contributed by atoms with Gasteiger partial charge in [0, 0.05) is 29.5 Å². The highest BCUT2D eigenvalue weighted by atomic mass is 35.5. The molecule has 0 atom stereocenters. The number of rotatable bonds is 3. The zero-order chi connectivity index (χ0) is 15.7. The first-order chi connectivity index (χ1) is 10.6. The Labute approximate surface area is 128 Å². The third kappa shape index (κ3) is 2.80. The number of alkyl halides is 1. The average Bonchev–Trinajstić information content (AvgIpc) is 2.49. The number of benzene rings is 2. The maximum atomic E-state index is 13.2. The molecule has 0 aliphatic carbocycles. The zero-order valence-corrected chi connectivity index (χ0v) is 11.9. The molecule has 0 fully saturated rings. The lowest BCUT2D eigenvalue weighted by Gasteiger charge is -2.08. The number of hydrogen-bond donors (Lipinski definition) is 0. The summed E-state index contributed by atoms with van der Waals surface area (Å²) in [4.78, 5) is 11.5. The van der Waals surface area contributed by atoms with Crippen LogP contribution in [0, 0.1) is 11.6 Å². The van der Waals surface area contributed by atoms with E-state index in [1.807, 2.05) is 0 Å². The minimum absolute atomic E-state index is 0.133. The quantitative estimate of drug-likeness (QED) is 0.522. The summed E-state index contributed by atoms with van der Waals surface area (Å²) in [5, 5.41) is 0.687. The summed E-state index contributed by atoms with van der Waals surface area (Å²) in [6, 6.07) is 9.33. The monoisotopic (exact) mass is 322 g/mol. The van der Waals surface area contributed by atoms with Crippen molar-refractivity contribution in [2.45, 2.75) is 5.88 Å². The van der Waals surface area contributed by atoms with E-state index in [2.05, 4.69) is 0 Å². The molecule has 1 aromatic heterocycles. The van der Waals surface area contributed by atoms with Crippen LogP contribution in [0.3, 0.4) is 0 Å². The van der Waals surface area contributed by atoms with Crippen LogP contribution in [-0.4, -0.2) is 0 Å². The SMILES string of the molecule is O=c1cc(CCl)c2ccc(Oc3ccc(F)c(F)c3)cc2o1. The van der Waals surface area contributed by atoms with E-state index in [1.165, 1.54) is 18.2 Å². The fourth-order valence-electron chi connectivity index (χ4n) is 2.06. The second-order valence-electron chi connectivity index (χ2n) is 4.56. The molecule has 0 bridgehead atoms. The molecule has 3 nitrogen and oxygen atoms in total. The second kappa shape index (κ2) is 5.77. The predicted octanol–water partition coefficient (Wildman–Crippen LogP) is 4.60. The maximum absolute atomic E-state index is 13.2. The minimum atomic E-state index is -1.01. The van der Waals surface area contributed by atoms with Gasteiger partial charge in [0.15, 0.2) is 11.6 Å². The molecule has 3 rings (SSSR count). The fourth-order valence-corrected chi connectivity index (χ4v) is 2.28. The molecule has 22 heavy (non-hydrogen) atoms. The summed E-state index contributed by atoms with van der Waals surface area (Å²) < 4.78 is 36.6. The molecule has 0 spiro atoms. The normalized spacial score (nSPS) is 10.9. The van der Waals surface area contributed by atoms with E-state index in [9.17, 15) is 13.6 Å². The molecule has 0 aliphatic rings. The van der Waals surface area contributed by atoms with Gasteiger partial charge in [0.2, 0.25) is 0 Å². The molecule has 0 amide bonds. The Bertz CT molecular complexity index is 906. The van der Waals surface area contributed by atoms with Gasteiger partial charge in [0.25, 0.3) is 0 Å². The van der Waals surface area contributed by atoms with Crippen LogP contribution in [0.25, 0.3) is 11.0 Å². The summed E-state index contributed by atoms with van der Waals surface area (Å²) in [5.41, 5.74) is 0.434. The smallest absolute Gasteiger partial charge is 0.336 e. The number of hydrogen-bond acceptors (Lipinski definition) is 3. The van der Waals surface area contributed by atoms with Crippen molar-refractivity contribution in [3.63, 3.8) is 0 Å². The van der Waals surface area contributed by atoms with Crippen molar-refractivity contribution in [2.24, 2.45) is 0 Å². The fraction of sp³-hybridized carbons (Fsp3) is 0.0625. The topological polar surface area (TPSA) is 39.4 Å². The Balaban J connectivity index is 2.01. The molecular weight excluding hydrogens is 314 g/mol. The van der Waals surface area contributed by atoms with Gasteiger partial charge in [-0.25, -0.2) is 13.6 Å². The lowest BCUT2D eigenvalue weighted by molar-refractivity contribution is 0.460. The van der Waals surface area contributed by atoms with Crippen LogP contribution in [0.5, 0.6) is 11.5 Å². The van der Waals surface area contributed by atoms with Crippen molar-refractivity contribution in [3.05, 3.63) is 70.1 Å². The molecule has 2 aromatic carbocycles. The number of ether oxygens (including phenoxy) is 1. The van der Waals surface area contributed by atoms with Crippen LogP contribution < -0.4 is 10.4 Å². The Kier molecular flexibility index (Phi) is 3.81. The standard InChI is InChI=1S/C16H9ClF2O3/c17-8-9-5-16(20)22-15-7-11(1-3-12(9)15)21-10-2-4-13(18)14(19)6-10/h1-7H,8H2. The Morgan fingerprint density at radius 3 is 2.45 bits per heavy atom. The van der Waals surface area contributed by atoms with Gasteiger partial charge in [0.1, 0.15) is 17.1 Å². The molecule has 0 N–H and O–H groups in total. The molecule has 6 heteroatoms. The Hall–Kier alpha value is -2.40. The first kappa shape index (κ1) is 14.5. The Morgan fingerprint density at radius 2 is 1.73 bits per heavy atom. The molecule has 112 valence electrons. The largest absolute Gasteiger partial charge is 0.457 e. The van der Waals surface area contributed by atoms with Crippen LogP contribution in [0.1, 0.15) is 5.56 Å². The molecule has 0 radical (unpaired) electrons. The highest BCUT2D eigenvalue weighted by Gasteiger charge is 2.08. The van der Waals surface area contributed by atoms with Gasteiger partial charge in [0.05, 0.1) is 0 Å². The van der Waals surface area contributed by atoms with E-state index >= 15 is 0 Å². The number of halogens is 3. The van der Waals surface area contributed by atoms with Gasteiger partial charge in [-0.1, -0.05) is 0 Å². The summed E-state index contributed by atoms with van der Waals surface area (Å²) in [6.07, 6.45) is 0. The van der Waals surface area contributed by atoms with Crippen LogP contribution in [0.15, 0.2) is 51.7 Å². The third-order valence-electron chi connectivity index (χ3n) is 3.07. The first-order valence-corrected chi connectivity index (χ1v) is 6.86. The van der Waals surface area contributed by atoms with Gasteiger partial charge in [-0.3, -0.25) is 0 Å². The predicted molar refractivity (Wildman–Crippen MR) is 78.5 cm³/mol. The van der Waals surface area contributed by atoms with Crippen molar-refractivity contribution in [1.29, 1.82) is 0 Å². The number of fused-ring (bicyclic) bond motifs is 1. The van der Waals surface area contributed by atoms with Crippen LogP contribution in [-0.2, 0) is 5.88 Å². The van der Waals surface area contributed by atoms with E-state index in [4.69, 9.17) is 20.8 Å². The zero-order valence-electron chi connectivity index (χ0n) is 11.1. The molecule has 1 heterocycles. The third-order valence-corrected chi connectivity index (χ3v) is 3.36. The maximum Gasteiger partial charge on any atom is 0.336 e. The molecule has 0 saturated carbocycles. The summed E-state index contributed by atoms with van der Waals surface area (Å²) in [7, 11) is 0. The minimum Gasteiger partial charge on any atom is -0.457 e. The summed E-state index contributed by atoms with van der Waals surface area (Å²) >= 11 is 5.79. The van der Waals surface area contributed by atoms with Gasteiger partial charge >= 0.3 is 5.63 Å². The van der Waals surface area contributed by atoms with Crippen molar-refractivity contribution in [3.8, 4) is 11.5 Å². The van der Waals surface area contributed by atoms with Crippen LogP contribution in [0.2, 0.25) is 0 Å². The lowest BCUT2D eigenvalue weighted by Crippen LogP contribution is -1.99. The lowest BCUT2D eigenvalue weighted by atomic mass is 10.1. The van der Waals surface area contributed by atoms with Gasteiger partial charge in [-0.15, -0.1) is 11.6 Å². The molecule has 0 aliphatic heterocycles. The summed E-state index contributed by atoms with van der Waals surface area (Å²) in [6.45, 7) is 0. The van der Waals surface area contributed by atoms with Crippen molar-refractivity contribution < 1.29 is 17.9 Å². The average molecular weight is 323 g/mol. The van der Waals surface area contributed by atoms with E-state index < -0.39 is 17.3 Å². The van der Waals surface area contributed by atoms with Gasteiger partial charge in [-0.2, -0.15) is 0 Å². The van der Waals surface area contributed by atoms with E-state index in [0.29, 0.717) is 22.3 Å². The van der Waals surface area contributed by atoms with Crippen molar-refractivity contribution >= 4 is 22.6 Å². The van der Waals surface area contributed by atoms with Crippen molar-refractivity contribution in [2.75, 3.05) is 0 Å². The second-order valence-corrected chi connectivity index (χ2v) is 4.83. The van der Waals surface area contributed by atoms with E-state index in [1.54, 1.807) is 12.1 Å². The van der Waals surface area contributed by atoms with Crippen molar-refractivity contribution in [1.82, 2.24) is 0 Å². The molecular formula is C16H9ClF2O3. The van der Waals surface area contributed by atoms with Crippen LogP contribution >= 0.6 is 11.6 Å².